The average molecular weight is 407 g/mol. The van der Waals surface area contributed by atoms with Crippen LogP contribution in [-0.4, -0.2) is 29.2 Å². The zero-order chi connectivity index (χ0) is 19.2. The molecule has 2 heterocycles. The molecule has 0 unspecified atom stereocenters. The van der Waals surface area contributed by atoms with E-state index in [0.29, 0.717) is 39.9 Å². The lowest BCUT2D eigenvalue weighted by molar-refractivity contribution is 0.344. The Balaban J connectivity index is 1.81. The summed E-state index contributed by atoms with van der Waals surface area (Å²) in [5, 5.41) is 4.36. The molecule has 3 rings (SSSR count). The van der Waals surface area contributed by atoms with Crippen molar-refractivity contribution in [3.8, 4) is 23.7 Å². The molecule has 0 aliphatic heterocycles. The van der Waals surface area contributed by atoms with Crippen molar-refractivity contribution in [2.45, 2.75) is 6.54 Å². The van der Waals surface area contributed by atoms with Crippen LogP contribution in [-0.2, 0) is 6.54 Å². The zero-order valence-corrected chi connectivity index (χ0v) is 16.1. The Morgan fingerprint density at radius 1 is 1.00 bits per heavy atom. The van der Waals surface area contributed by atoms with Gasteiger partial charge < -0.3 is 19.5 Å². The van der Waals surface area contributed by atoms with Gasteiger partial charge in [0.15, 0.2) is 0 Å². The van der Waals surface area contributed by atoms with Gasteiger partial charge in [-0.3, -0.25) is 0 Å². The predicted molar refractivity (Wildman–Crippen MR) is 103 cm³/mol. The number of anilines is 1. The maximum Gasteiger partial charge on any atom is 0.330 e. The van der Waals surface area contributed by atoms with Crippen molar-refractivity contribution in [1.29, 1.82) is 0 Å². The van der Waals surface area contributed by atoms with Crippen LogP contribution in [0.4, 0.5) is 5.69 Å². The van der Waals surface area contributed by atoms with Gasteiger partial charge >= 0.3 is 6.01 Å². The summed E-state index contributed by atoms with van der Waals surface area (Å²) >= 11 is 12.2. The van der Waals surface area contributed by atoms with Crippen molar-refractivity contribution in [2.75, 3.05) is 19.5 Å². The third-order valence-corrected chi connectivity index (χ3v) is 4.08. The van der Waals surface area contributed by atoms with Crippen LogP contribution in [0.1, 0.15) is 5.56 Å². The van der Waals surface area contributed by atoms with Gasteiger partial charge in [0.1, 0.15) is 0 Å². The van der Waals surface area contributed by atoms with Gasteiger partial charge in [0.25, 0.3) is 0 Å². The number of methoxy groups -OCH3 is 2. The molecule has 0 saturated carbocycles. The van der Waals surface area contributed by atoms with Gasteiger partial charge in [-0.2, -0.15) is 9.97 Å². The van der Waals surface area contributed by atoms with Crippen LogP contribution in [0.2, 0.25) is 10.0 Å². The van der Waals surface area contributed by atoms with Gasteiger partial charge in [-0.05, 0) is 24.3 Å². The molecule has 3 aromatic rings. The van der Waals surface area contributed by atoms with Gasteiger partial charge in [-0.15, -0.1) is 0 Å². The topological polar surface area (TPSA) is 78.4 Å². The average Bonchev–Trinajstić information content (AvgIpc) is 2.69. The first-order valence-corrected chi connectivity index (χ1v) is 8.62. The Bertz CT molecular complexity index is 918. The minimum absolute atomic E-state index is 0.0620. The summed E-state index contributed by atoms with van der Waals surface area (Å²) in [5.41, 5.74) is 1.48. The molecule has 0 bridgehead atoms. The maximum atomic E-state index is 6.18. The minimum Gasteiger partial charge on any atom is -0.481 e. The normalized spacial score (nSPS) is 10.4. The smallest absolute Gasteiger partial charge is 0.330 e. The summed E-state index contributed by atoms with van der Waals surface area (Å²) in [7, 11) is 2.99. The first-order chi connectivity index (χ1) is 13.1. The van der Waals surface area contributed by atoms with E-state index in [1.165, 1.54) is 14.2 Å². The van der Waals surface area contributed by atoms with E-state index in [9.17, 15) is 0 Å². The number of rotatable bonds is 7. The number of benzene rings is 1. The van der Waals surface area contributed by atoms with Gasteiger partial charge in [0.2, 0.25) is 17.6 Å². The first-order valence-electron chi connectivity index (χ1n) is 7.87. The van der Waals surface area contributed by atoms with Crippen molar-refractivity contribution >= 4 is 28.9 Å². The fourth-order valence-corrected chi connectivity index (χ4v) is 2.56. The SMILES string of the molecule is COc1cc(OC)nc(Oc2ncccc2CNc2cc(Cl)ccc2Cl)n1. The molecule has 0 spiro atoms. The van der Waals surface area contributed by atoms with E-state index in [-0.39, 0.29) is 6.01 Å². The van der Waals surface area contributed by atoms with Crippen LogP contribution in [0.5, 0.6) is 23.7 Å². The summed E-state index contributed by atoms with van der Waals surface area (Å²) in [6.45, 7) is 0.407. The quantitative estimate of drug-likeness (QED) is 0.613. The monoisotopic (exact) mass is 406 g/mol. The molecule has 0 radical (unpaired) electrons. The second-order valence-corrected chi connectivity index (χ2v) is 6.13. The molecular weight excluding hydrogens is 391 g/mol. The van der Waals surface area contributed by atoms with Crippen molar-refractivity contribution in [3.05, 3.63) is 58.2 Å². The Morgan fingerprint density at radius 2 is 1.74 bits per heavy atom. The van der Waals surface area contributed by atoms with E-state index in [0.717, 1.165) is 5.56 Å². The number of hydrogen-bond donors (Lipinski definition) is 1. The van der Waals surface area contributed by atoms with Crippen LogP contribution in [0, 0.1) is 0 Å². The standard InChI is InChI=1S/C18H16Cl2N4O3/c1-25-15-9-16(26-2)24-18(23-15)27-17-11(4-3-7-21-17)10-22-14-8-12(19)5-6-13(14)20/h3-9,22H,10H2,1-2H3. The van der Waals surface area contributed by atoms with Gasteiger partial charge in [0.05, 0.1) is 31.0 Å². The summed E-state index contributed by atoms with van der Waals surface area (Å²) < 4.78 is 16.0. The molecule has 7 nitrogen and oxygen atoms in total. The van der Waals surface area contributed by atoms with Crippen LogP contribution >= 0.6 is 23.2 Å². The lowest BCUT2D eigenvalue weighted by Gasteiger charge is -2.12. The second-order valence-electron chi connectivity index (χ2n) is 5.28. The predicted octanol–water partition coefficient (Wildman–Crippen LogP) is 4.60. The van der Waals surface area contributed by atoms with Crippen LogP contribution in [0.15, 0.2) is 42.6 Å². The molecule has 1 aromatic carbocycles. The number of halogens is 2. The van der Waals surface area contributed by atoms with Crippen molar-refractivity contribution < 1.29 is 14.2 Å². The van der Waals surface area contributed by atoms with Crippen LogP contribution in [0.3, 0.4) is 0 Å². The Labute approximate surface area is 166 Å². The number of pyridine rings is 1. The molecule has 140 valence electrons. The van der Waals surface area contributed by atoms with Crippen LogP contribution < -0.4 is 19.5 Å². The highest BCUT2D eigenvalue weighted by atomic mass is 35.5. The highest BCUT2D eigenvalue weighted by molar-refractivity contribution is 6.35. The van der Waals surface area contributed by atoms with E-state index in [1.54, 1.807) is 36.5 Å². The molecule has 0 amide bonds. The van der Waals surface area contributed by atoms with Gasteiger partial charge in [-0.1, -0.05) is 29.3 Å². The molecular formula is C18H16Cl2N4O3. The van der Waals surface area contributed by atoms with E-state index >= 15 is 0 Å². The Kier molecular flexibility index (Phi) is 6.16. The molecule has 0 aliphatic rings. The Morgan fingerprint density at radius 3 is 2.44 bits per heavy atom. The number of nitrogens with one attached hydrogen (secondary N) is 1. The van der Waals surface area contributed by atoms with E-state index in [1.807, 2.05) is 6.07 Å². The molecule has 27 heavy (non-hydrogen) atoms. The first kappa shape index (κ1) is 19.0. The molecule has 0 saturated heterocycles. The number of hydrogen-bond acceptors (Lipinski definition) is 7. The highest BCUT2D eigenvalue weighted by Crippen LogP contribution is 2.28. The van der Waals surface area contributed by atoms with Crippen molar-refractivity contribution in [1.82, 2.24) is 15.0 Å². The van der Waals surface area contributed by atoms with E-state index in [4.69, 9.17) is 37.4 Å². The third-order valence-electron chi connectivity index (χ3n) is 3.51. The summed E-state index contributed by atoms with van der Waals surface area (Å²) in [5.74, 6) is 0.981. The number of nitrogens with zero attached hydrogens (tertiary/aromatic N) is 3. The summed E-state index contributed by atoms with van der Waals surface area (Å²) in [6.07, 6.45) is 1.61. The van der Waals surface area contributed by atoms with Crippen molar-refractivity contribution in [3.63, 3.8) is 0 Å². The highest BCUT2D eigenvalue weighted by Gasteiger charge is 2.12. The van der Waals surface area contributed by atoms with Gasteiger partial charge in [-0.25, -0.2) is 4.98 Å². The largest absolute Gasteiger partial charge is 0.481 e. The molecule has 9 heteroatoms. The van der Waals surface area contributed by atoms with Crippen molar-refractivity contribution in [2.24, 2.45) is 0 Å². The zero-order valence-electron chi connectivity index (χ0n) is 14.6. The minimum atomic E-state index is 0.0620. The third kappa shape index (κ3) is 4.90. The maximum absolute atomic E-state index is 6.18. The molecule has 0 fully saturated rings. The molecule has 2 aromatic heterocycles. The summed E-state index contributed by atoms with van der Waals surface area (Å²) in [4.78, 5) is 12.5. The Hall–Kier alpha value is -2.77. The van der Waals surface area contributed by atoms with E-state index < -0.39 is 0 Å². The lowest BCUT2D eigenvalue weighted by Crippen LogP contribution is -2.04. The second kappa shape index (κ2) is 8.75. The molecule has 1 N–H and O–H groups in total. The van der Waals surface area contributed by atoms with Crippen LogP contribution in [0.25, 0.3) is 0 Å². The lowest BCUT2D eigenvalue weighted by atomic mass is 10.2. The molecule has 0 atom stereocenters. The van der Waals surface area contributed by atoms with E-state index in [2.05, 4.69) is 20.3 Å². The fourth-order valence-electron chi connectivity index (χ4n) is 2.20. The number of aromatic nitrogens is 3. The number of ether oxygens (including phenoxy) is 3. The molecule has 0 aliphatic carbocycles. The fraction of sp³-hybridized carbons (Fsp3) is 0.167. The van der Waals surface area contributed by atoms with Gasteiger partial charge in [0, 0.05) is 23.3 Å². The summed E-state index contributed by atoms with van der Waals surface area (Å²) in [6, 6.07) is 10.5.